The number of amides is 1. The second kappa shape index (κ2) is 2.90. The Morgan fingerprint density at radius 1 is 1.54 bits per heavy atom. The Bertz CT molecular complexity index is 414. The summed E-state index contributed by atoms with van der Waals surface area (Å²) in [6.07, 6.45) is 3.66. The van der Waals surface area contributed by atoms with Crippen LogP contribution in [0.25, 0.3) is 5.65 Å². The van der Waals surface area contributed by atoms with Crippen molar-refractivity contribution in [1.82, 2.24) is 9.38 Å². The fourth-order valence-electron chi connectivity index (χ4n) is 1.18. The third-order valence-electron chi connectivity index (χ3n) is 1.67. The Balaban J connectivity index is 2.44. The molecule has 0 bridgehead atoms. The maximum absolute atomic E-state index is 10.7. The molecule has 2 rings (SSSR count). The van der Waals surface area contributed by atoms with Gasteiger partial charge < -0.3 is 9.72 Å². The molecule has 1 amide bonds. The summed E-state index contributed by atoms with van der Waals surface area (Å²) in [5.74, 6) is 0.474. The Morgan fingerprint density at radius 2 is 2.38 bits per heavy atom. The van der Waals surface area contributed by atoms with Crippen LogP contribution in [-0.4, -0.2) is 15.3 Å². The second-order valence-corrected chi connectivity index (χ2v) is 2.77. The lowest BCUT2D eigenvalue weighted by Gasteiger charge is -1.91. The van der Waals surface area contributed by atoms with Crippen molar-refractivity contribution in [2.24, 2.45) is 0 Å². The van der Waals surface area contributed by atoms with Gasteiger partial charge in [-0.15, -0.1) is 0 Å². The van der Waals surface area contributed by atoms with Crippen LogP contribution in [0.5, 0.6) is 0 Å². The van der Waals surface area contributed by atoms with Crippen molar-refractivity contribution < 1.29 is 4.79 Å². The van der Waals surface area contributed by atoms with E-state index >= 15 is 0 Å². The monoisotopic (exact) mass is 175 g/mol. The van der Waals surface area contributed by atoms with Gasteiger partial charge in [-0.2, -0.15) is 0 Å². The fourth-order valence-corrected chi connectivity index (χ4v) is 1.18. The number of nitrogens with one attached hydrogen (secondary N) is 1. The van der Waals surface area contributed by atoms with Crippen molar-refractivity contribution in [1.29, 1.82) is 0 Å². The predicted octanol–water partition coefficient (Wildman–Crippen LogP) is 1.29. The molecule has 0 fully saturated rings. The summed E-state index contributed by atoms with van der Waals surface area (Å²) in [6, 6.07) is 5.69. The molecule has 0 aliphatic heterocycles. The average Bonchev–Trinajstić information content (AvgIpc) is 2.44. The number of imidazole rings is 1. The summed E-state index contributed by atoms with van der Waals surface area (Å²) < 4.78 is 1.85. The van der Waals surface area contributed by atoms with Gasteiger partial charge in [0, 0.05) is 13.1 Å². The lowest BCUT2D eigenvalue weighted by Crippen LogP contribution is -2.05. The van der Waals surface area contributed by atoms with E-state index in [9.17, 15) is 4.79 Å². The first-order chi connectivity index (χ1) is 6.25. The Kier molecular flexibility index (Phi) is 1.73. The quantitative estimate of drug-likeness (QED) is 0.709. The highest BCUT2D eigenvalue weighted by molar-refractivity contribution is 5.87. The van der Waals surface area contributed by atoms with Gasteiger partial charge in [-0.25, -0.2) is 4.98 Å². The van der Waals surface area contributed by atoms with Gasteiger partial charge in [0.15, 0.2) is 5.82 Å². The maximum atomic E-state index is 10.7. The Morgan fingerprint density at radius 3 is 3.08 bits per heavy atom. The largest absolute Gasteiger partial charge is 0.310 e. The molecule has 0 aliphatic rings. The van der Waals surface area contributed by atoms with Gasteiger partial charge in [-0.1, -0.05) is 6.07 Å². The minimum absolute atomic E-state index is 0.108. The third kappa shape index (κ3) is 1.51. The minimum Gasteiger partial charge on any atom is -0.310 e. The summed E-state index contributed by atoms with van der Waals surface area (Å²) in [7, 11) is 0. The van der Waals surface area contributed by atoms with Crippen LogP contribution in [0.2, 0.25) is 0 Å². The van der Waals surface area contributed by atoms with Gasteiger partial charge in [-0.05, 0) is 12.1 Å². The fraction of sp³-hybridized carbons (Fsp3) is 0.111. The molecule has 0 spiro atoms. The van der Waals surface area contributed by atoms with Crippen LogP contribution in [0.4, 0.5) is 5.82 Å². The molecule has 0 saturated carbocycles. The molecule has 2 aromatic heterocycles. The highest BCUT2D eigenvalue weighted by Gasteiger charge is 2.00. The van der Waals surface area contributed by atoms with Crippen molar-refractivity contribution in [3.8, 4) is 0 Å². The first-order valence-corrected chi connectivity index (χ1v) is 3.97. The summed E-state index contributed by atoms with van der Waals surface area (Å²) in [5, 5.41) is 2.62. The Hall–Kier alpha value is -1.84. The van der Waals surface area contributed by atoms with Gasteiger partial charge in [-0.3, -0.25) is 4.79 Å². The molecule has 4 heteroatoms. The van der Waals surface area contributed by atoms with Gasteiger partial charge >= 0.3 is 0 Å². The molecular formula is C9H9N3O. The smallest absolute Gasteiger partial charge is 0.222 e. The van der Waals surface area contributed by atoms with E-state index in [4.69, 9.17) is 0 Å². The van der Waals surface area contributed by atoms with Crippen LogP contribution in [-0.2, 0) is 4.79 Å². The minimum atomic E-state index is -0.108. The number of hydrogen-bond donors (Lipinski definition) is 1. The molecule has 4 nitrogen and oxygen atoms in total. The van der Waals surface area contributed by atoms with Crippen molar-refractivity contribution >= 4 is 17.4 Å². The van der Waals surface area contributed by atoms with E-state index in [0.717, 1.165) is 5.65 Å². The van der Waals surface area contributed by atoms with Crippen LogP contribution in [0.3, 0.4) is 0 Å². The van der Waals surface area contributed by atoms with E-state index in [2.05, 4.69) is 10.3 Å². The normalized spacial score (nSPS) is 10.2. The van der Waals surface area contributed by atoms with Crippen molar-refractivity contribution in [2.45, 2.75) is 6.92 Å². The molecular weight excluding hydrogens is 166 g/mol. The zero-order valence-corrected chi connectivity index (χ0v) is 7.19. The molecule has 0 radical (unpaired) electrons. The van der Waals surface area contributed by atoms with Crippen LogP contribution in [0.15, 0.2) is 30.6 Å². The van der Waals surface area contributed by atoms with Crippen molar-refractivity contribution in [3.05, 3.63) is 30.6 Å². The van der Waals surface area contributed by atoms with Crippen molar-refractivity contribution in [2.75, 3.05) is 5.32 Å². The highest BCUT2D eigenvalue weighted by atomic mass is 16.1. The second-order valence-electron chi connectivity index (χ2n) is 2.77. The van der Waals surface area contributed by atoms with E-state index < -0.39 is 0 Å². The molecule has 0 saturated heterocycles. The summed E-state index contributed by atoms with van der Waals surface area (Å²) >= 11 is 0. The van der Waals surface area contributed by atoms with Crippen molar-refractivity contribution in [3.63, 3.8) is 0 Å². The van der Waals surface area contributed by atoms with E-state index in [1.807, 2.05) is 28.8 Å². The molecule has 13 heavy (non-hydrogen) atoms. The maximum Gasteiger partial charge on any atom is 0.222 e. The standard InChI is InChI=1S/C9H9N3O/c1-7(13)10-8-6-12-5-3-2-4-9(12)11-8/h2-6H,1H3,(H,10,13). The number of carbonyl (C=O) groups is 1. The number of aromatic nitrogens is 2. The number of rotatable bonds is 1. The lowest BCUT2D eigenvalue weighted by atomic mass is 10.5. The number of hydrogen-bond acceptors (Lipinski definition) is 2. The van der Waals surface area contributed by atoms with Crippen LogP contribution in [0.1, 0.15) is 6.92 Å². The predicted molar refractivity (Wildman–Crippen MR) is 49.5 cm³/mol. The van der Waals surface area contributed by atoms with Crippen LogP contribution in [0, 0.1) is 0 Å². The number of anilines is 1. The lowest BCUT2D eigenvalue weighted by molar-refractivity contribution is -0.114. The Labute approximate surface area is 75.2 Å². The molecule has 0 aliphatic carbocycles. The van der Waals surface area contributed by atoms with Gasteiger partial charge in [0.25, 0.3) is 0 Å². The zero-order valence-electron chi connectivity index (χ0n) is 7.19. The number of pyridine rings is 1. The average molecular weight is 175 g/mol. The molecule has 0 aromatic carbocycles. The SMILES string of the molecule is CC(=O)Nc1cn2ccccc2n1. The topological polar surface area (TPSA) is 46.4 Å². The van der Waals surface area contributed by atoms with Gasteiger partial charge in [0.1, 0.15) is 5.65 Å². The molecule has 0 atom stereocenters. The molecule has 66 valence electrons. The van der Waals surface area contributed by atoms with E-state index in [1.165, 1.54) is 6.92 Å². The van der Waals surface area contributed by atoms with Crippen LogP contribution < -0.4 is 5.32 Å². The summed E-state index contributed by atoms with van der Waals surface area (Å²) in [6.45, 7) is 1.46. The number of nitrogens with zero attached hydrogens (tertiary/aromatic N) is 2. The number of fused-ring (bicyclic) bond motifs is 1. The van der Waals surface area contributed by atoms with E-state index in [1.54, 1.807) is 6.20 Å². The zero-order chi connectivity index (χ0) is 9.26. The molecule has 2 aromatic rings. The molecule has 0 unspecified atom stereocenters. The van der Waals surface area contributed by atoms with Crippen LogP contribution >= 0.6 is 0 Å². The summed E-state index contributed by atoms with van der Waals surface area (Å²) in [4.78, 5) is 14.9. The van der Waals surface area contributed by atoms with E-state index in [0.29, 0.717) is 5.82 Å². The van der Waals surface area contributed by atoms with Gasteiger partial charge in [0.2, 0.25) is 5.91 Å². The molecule has 1 N–H and O–H groups in total. The van der Waals surface area contributed by atoms with Gasteiger partial charge in [0.05, 0.1) is 6.20 Å². The third-order valence-corrected chi connectivity index (χ3v) is 1.67. The first kappa shape index (κ1) is 7.79. The van der Waals surface area contributed by atoms with E-state index in [-0.39, 0.29) is 5.91 Å². The molecule has 2 heterocycles. The summed E-state index contributed by atoms with van der Waals surface area (Å²) in [5.41, 5.74) is 0.825. The number of carbonyl (C=O) groups excluding carboxylic acids is 1. The highest BCUT2D eigenvalue weighted by Crippen LogP contribution is 2.08. The first-order valence-electron chi connectivity index (χ1n) is 3.97.